The van der Waals surface area contributed by atoms with Crippen molar-refractivity contribution in [1.82, 2.24) is 14.7 Å². The fourth-order valence-electron chi connectivity index (χ4n) is 10.1. The molecule has 56 heavy (non-hydrogen) atoms. The highest BCUT2D eigenvalue weighted by atomic mass is 15.2. The van der Waals surface area contributed by atoms with Crippen molar-refractivity contribution < 1.29 is 5.71 Å². The Hall–Kier alpha value is -1.10. The van der Waals surface area contributed by atoms with E-state index in [0.29, 0.717) is 28.6 Å². The van der Waals surface area contributed by atoms with E-state index in [2.05, 4.69) is 182 Å². The Morgan fingerprint density at radius 1 is 0.429 bits per heavy atom. The number of anilines is 1. The van der Waals surface area contributed by atoms with Gasteiger partial charge in [-0.25, -0.2) is 0 Å². The summed E-state index contributed by atoms with van der Waals surface area (Å²) in [4.78, 5) is 10.6. The average molecular weight is 798 g/mol. The van der Waals surface area contributed by atoms with Gasteiger partial charge in [-0.3, -0.25) is 14.7 Å². The van der Waals surface area contributed by atoms with Gasteiger partial charge in [-0.1, -0.05) is 80.0 Å². The summed E-state index contributed by atoms with van der Waals surface area (Å²) in [7, 11) is 0. The van der Waals surface area contributed by atoms with Crippen LogP contribution >= 0.6 is 0 Å². The molecule has 4 heteroatoms. The Bertz CT molecular complexity index is 1130. The third-order valence-electron chi connectivity index (χ3n) is 14.0. The van der Waals surface area contributed by atoms with Crippen molar-refractivity contribution in [2.75, 3.05) is 24.5 Å². The summed E-state index contributed by atoms with van der Waals surface area (Å²) in [5, 5.41) is 0. The van der Waals surface area contributed by atoms with Crippen molar-refractivity contribution in [3.63, 3.8) is 0 Å². The number of hydrogen-bond donors (Lipinski definition) is 0. The monoisotopic (exact) mass is 797 g/mol. The Labute approximate surface area is 360 Å². The molecule has 0 radical (unpaired) electrons. The average Bonchev–Trinajstić information content (AvgIpc) is 3.24. The van der Waals surface area contributed by atoms with E-state index in [4.69, 9.17) is 0 Å². The van der Waals surface area contributed by atoms with E-state index in [9.17, 15) is 0 Å². The van der Waals surface area contributed by atoms with Crippen LogP contribution < -0.4 is 4.90 Å². The van der Waals surface area contributed by atoms with Gasteiger partial charge in [-0.15, -0.1) is 0 Å². The van der Waals surface area contributed by atoms with Crippen LogP contribution in [0.25, 0.3) is 0 Å². The number of fused-ring (bicyclic) bond motifs is 1. The van der Waals surface area contributed by atoms with Gasteiger partial charge < -0.3 is 4.90 Å². The minimum absolute atomic E-state index is 0. The first-order valence-electron chi connectivity index (χ1n) is 22.9. The van der Waals surface area contributed by atoms with E-state index in [-0.39, 0.29) is 26.1 Å². The lowest BCUT2D eigenvalue weighted by Crippen LogP contribution is -2.48. The topological polar surface area (TPSA) is 13.0 Å². The smallest absolute Gasteiger partial charge is 0.0409 e. The van der Waals surface area contributed by atoms with Gasteiger partial charge in [0.25, 0.3) is 0 Å². The molecule has 3 fully saturated rings. The molecule has 8 unspecified atom stereocenters. The highest BCUT2D eigenvalue weighted by molar-refractivity contribution is 5.63. The van der Waals surface area contributed by atoms with Crippen LogP contribution in [0.2, 0.25) is 0 Å². The molecule has 0 aromatic heterocycles. The third-order valence-corrected chi connectivity index (χ3v) is 14.0. The SMILES string of the molecule is C.C.CC1CCCCN(C(C)(C)C)C1C.CC1CCCCN(C(C)(C)C)C1C.CC1CCCCN(C(C)(C)C)C1C.CC1c2ccccc2N(C(C)(C)C)C1C.[2HH].[2HH].[2HH].[2HH]. The molecule has 1 aromatic rings. The lowest BCUT2D eigenvalue weighted by molar-refractivity contribution is 0.0727. The molecule has 0 N–H and O–H groups in total. The molecule has 1 aromatic carbocycles. The van der Waals surface area contributed by atoms with Crippen LogP contribution in [-0.4, -0.2) is 80.7 Å². The van der Waals surface area contributed by atoms with Gasteiger partial charge in [-0.05, 0) is 198 Å². The zero-order valence-corrected chi connectivity index (χ0v) is 40.2. The van der Waals surface area contributed by atoms with Crippen molar-refractivity contribution in [2.24, 2.45) is 17.8 Å². The lowest BCUT2D eigenvalue weighted by atomic mass is 9.95. The first-order chi connectivity index (χ1) is 24.7. The molecule has 0 aliphatic carbocycles. The molecule has 4 nitrogen and oxygen atoms in total. The predicted octanol–water partition coefficient (Wildman–Crippen LogP) is 15.9. The standard InChI is InChI=1S/C14H21N.3C12H25N.2CH4.4H2/c1-10-11(2)15(14(3,4)5)13-9-7-6-8-12(10)13;3*1-10-8-6-7-9-13(11(10)2)12(3,4)5;;;;;;/h6-11H,1-5H3;3*10-11H,6-9H2,1-5H3;2*1H4;4*1H/i;;;;;;4*1+1. The molecule has 0 spiro atoms. The molecule has 4 aliphatic rings. The number of para-hydroxylation sites is 1. The Morgan fingerprint density at radius 3 is 1.02 bits per heavy atom. The minimum Gasteiger partial charge on any atom is -0.363 e. The van der Waals surface area contributed by atoms with E-state index < -0.39 is 0 Å². The van der Waals surface area contributed by atoms with Crippen LogP contribution in [0.15, 0.2) is 24.3 Å². The molecular weight excluding hydrogens is 681 g/mol. The Kier molecular flexibility index (Phi) is 22.6. The Balaban J connectivity index is -0.000000217. The van der Waals surface area contributed by atoms with Crippen molar-refractivity contribution >= 4 is 5.69 Å². The fraction of sp³-hybridized carbons (Fsp3) is 0.885. The van der Waals surface area contributed by atoms with Crippen molar-refractivity contribution in [2.45, 2.75) is 263 Å². The fourth-order valence-corrected chi connectivity index (χ4v) is 10.1. The summed E-state index contributed by atoms with van der Waals surface area (Å²) in [6, 6.07) is 11.7. The molecule has 0 saturated carbocycles. The molecule has 0 bridgehead atoms. The number of benzene rings is 1. The van der Waals surface area contributed by atoms with Crippen molar-refractivity contribution in [3.05, 3.63) is 29.8 Å². The van der Waals surface area contributed by atoms with Crippen LogP contribution in [0, 0.1) is 17.8 Å². The van der Waals surface area contributed by atoms with Gasteiger partial charge in [-0.2, -0.15) is 0 Å². The zero-order chi connectivity index (χ0) is 41.4. The third kappa shape index (κ3) is 15.8. The van der Waals surface area contributed by atoms with Crippen LogP contribution in [0.4, 0.5) is 5.69 Å². The maximum atomic E-state index is 2.67. The second kappa shape index (κ2) is 23.0. The molecular formula is C52H112N4. The molecule has 8 atom stereocenters. The van der Waals surface area contributed by atoms with Crippen LogP contribution in [0.5, 0.6) is 0 Å². The first kappa shape index (κ1) is 54.9. The first-order valence-corrected chi connectivity index (χ1v) is 22.9. The van der Waals surface area contributed by atoms with Gasteiger partial charge in [0.05, 0.1) is 0 Å². The molecule has 0 amide bonds. The van der Waals surface area contributed by atoms with E-state index in [1.165, 1.54) is 88.7 Å². The highest BCUT2D eigenvalue weighted by Gasteiger charge is 2.38. The number of hydrogen-bond acceptors (Lipinski definition) is 4. The van der Waals surface area contributed by atoms with Crippen LogP contribution in [-0.2, 0) is 0 Å². The van der Waals surface area contributed by atoms with Gasteiger partial charge in [0.2, 0.25) is 0 Å². The molecule has 4 aliphatic heterocycles. The Morgan fingerprint density at radius 2 is 0.732 bits per heavy atom. The summed E-state index contributed by atoms with van der Waals surface area (Å²) < 4.78 is 0. The maximum absolute atomic E-state index is 2.67. The summed E-state index contributed by atoms with van der Waals surface area (Å²) in [6.07, 6.45) is 12.6. The van der Waals surface area contributed by atoms with Gasteiger partial charge in [0, 0.05) is 63.6 Å². The van der Waals surface area contributed by atoms with E-state index in [0.717, 1.165) is 35.9 Å². The van der Waals surface area contributed by atoms with Crippen LogP contribution in [0.1, 0.15) is 228 Å². The second-order valence-electron chi connectivity index (χ2n) is 22.4. The summed E-state index contributed by atoms with van der Waals surface area (Å²) in [5.74, 6) is 3.23. The predicted molar refractivity (Wildman–Crippen MR) is 265 cm³/mol. The molecule has 3 saturated heterocycles. The maximum Gasteiger partial charge on any atom is 0.0409 e. The normalized spacial score (nSPS) is 29.8. The van der Waals surface area contributed by atoms with E-state index >= 15 is 0 Å². The minimum atomic E-state index is 0. The zero-order valence-electron chi connectivity index (χ0n) is 40.2. The van der Waals surface area contributed by atoms with Crippen LogP contribution in [0.3, 0.4) is 0 Å². The summed E-state index contributed by atoms with van der Waals surface area (Å²) in [5.41, 5.74) is 4.17. The van der Waals surface area contributed by atoms with Gasteiger partial charge in [0.1, 0.15) is 0 Å². The quantitative estimate of drug-likeness (QED) is 0.259. The molecule has 5 rings (SSSR count). The summed E-state index contributed by atoms with van der Waals surface area (Å²) in [6.45, 7) is 50.8. The van der Waals surface area contributed by atoms with E-state index in [1.807, 2.05) is 0 Å². The van der Waals surface area contributed by atoms with Crippen molar-refractivity contribution in [1.29, 1.82) is 0 Å². The largest absolute Gasteiger partial charge is 0.363 e. The van der Waals surface area contributed by atoms with E-state index in [1.54, 1.807) is 0 Å². The second-order valence-corrected chi connectivity index (χ2v) is 22.4. The number of likely N-dealkylation sites (tertiary alicyclic amines) is 3. The molecule has 340 valence electrons. The van der Waals surface area contributed by atoms with Gasteiger partial charge >= 0.3 is 0 Å². The van der Waals surface area contributed by atoms with Crippen molar-refractivity contribution in [3.8, 4) is 0 Å². The summed E-state index contributed by atoms with van der Waals surface area (Å²) >= 11 is 0. The number of rotatable bonds is 0. The molecule has 4 heterocycles. The highest BCUT2D eigenvalue weighted by Crippen LogP contribution is 2.44. The van der Waals surface area contributed by atoms with Gasteiger partial charge in [0.15, 0.2) is 0 Å². The number of nitrogens with zero attached hydrogens (tertiary/aromatic N) is 4. The lowest BCUT2D eigenvalue weighted by Gasteiger charge is -2.41.